The summed E-state index contributed by atoms with van der Waals surface area (Å²) in [6.45, 7) is 11.0. The van der Waals surface area contributed by atoms with Gasteiger partial charge in [-0.05, 0) is 28.8 Å². The molecule has 2 saturated heterocycles. The van der Waals surface area contributed by atoms with E-state index in [4.69, 9.17) is 11.5 Å². The predicted molar refractivity (Wildman–Crippen MR) is 168 cm³/mol. The molecule has 4 heterocycles. The molecule has 4 aromatic rings. The van der Waals surface area contributed by atoms with E-state index in [0.717, 1.165) is 82.9 Å². The summed E-state index contributed by atoms with van der Waals surface area (Å²) < 4.78 is 0. The van der Waals surface area contributed by atoms with E-state index in [1.54, 1.807) is 24.8 Å². The molecule has 2 fully saturated rings. The van der Waals surface area contributed by atoms with Crippen molar-refractivity contribution in [1.82, 2.24) is 29.7 Å². The Labute approximate surface area is 291 Å². The van der Waals surface area contributed by atoms with Crippen molar-refractivity contribution in [1.29, 1.82) is 0 Å². The zero-order valence-electron chi connectivity index (χ0n) is 24.8. The molecule has 0 bridgehead atoms. The molecule has 2 aromatic heterocycles. The molecule has 0 spiro atoms. The minimum absolute atomic E-state index is 0. The number of anilines is 2. The van der Waals surface area contributed by atoms with Gasteiger partial charge in [0.1, 0.15) is 0 Å². The zero-order valence-corrected chi connectivity index (χ0v) is 29.5. The Balaban J connectivity index is 0.000000192. The second-order valence-corrected chi connectivity index (χ2v) is 10.6. The van der Waals surface area contributed by atoms with Gasteiger partial charge in [-0.3, -0.25) is 9.80 Å². The number of rotatable bonds is 8. The number of nitrogens with zero attached hydrogens (tertiary/aromatic N) is 8. The van der Waals surface area contributed by atoms with E-state index in [-0.39, 0.29) is 44.1 Å². The van der Waals surface area contributed by atoms with E-state index in [2.05, 4.69) is 88.1 Å². The molecular weight excluding hydrogens is 751 g/mol. The Hall–Kier alpha value is -2.52. The minimum atomic E-state index is 0. The largest absolute Gasteiger partial charge is 0.674 e. The van der Waals surface area contributed by atoms with Crippen LogP contribution in [-0.2, 0) is 26.2 Å². The van der Waals surface area contributed by atoms with Crippen LogP contribution in [0.15, 0.2) is 85.5 Å². The fourth-order valence-electron chi connectivity index (χ4n) is 5.18. The fourth-order valence-corrected chi connectivity index (χ4v) is 5.18. The van der Waals surface area contributed by atoms with Gasteiger partial charge in [-0.1, -0.05) is 54.1 Å². The van der Waals surface area contributed by atoms with Crippen molar-refractivity contribution in [3.63, 3.8) is 0 Å². The molecule has 10 nitrogen and oxygen atoms in total. The van der Waals surface area contributed by atoms with Crippen LogP contribution < -0.4 is 15.5 Å². The van der Waals surface area contributed by atoms with E-state index < -0.39 is 0 Å². The summed E-state index contributed by atoms with van der Waals surface area (Å²) in [6, 6.07) is 20.7. The van der Waals surface area contributed by atoms with Crippen LogP contribution in [0.25, 0.3) is 5.73 Å². The maximum Gasteiger partial charge on any atom is 0.225 e. The van der Waals surface area contributed by atoms with Gasteiger partial charge >= 0.3 is 0 Å². The minimum Gasteiger partial charge on any atom is -0.674 e. The molecule has 2 aliphatic heterocycles. The maximum atomic E-state index is 7.34. The zero-order chi connectivity index (χ0) is 29.0. The molecule has 0 unspecified atom stereocenters. The van der Waals surface area contributed by atoms with Gasteiger partial charge in [0.25, 0.3) is 0 Å². The van der Waals surface area contributed by atoms with Gasteiger partial charge in [0, 0.05) is 141 Å². The molecule has 11 heteroatoms. The molecule has 2 aliphatic rings. The van der Waals surface area contributed by atoms with Gasteiger partial charge in [-0.25, -0.2) is 19.9 Å². The Kier molecular flexibility index (Phi) is 13.7. The molecule has 223 valence electrons. The van der Waals surface area contributed by atoms with Gasteiger partial charge < -0.3 is 21.3 Å². The number of aromatic nitrogens is 4. The summed E-state index contributed by atoms with van der Waals surface area (Å²) in [5, 5.41) is 0. The summed E-state index contributed by atoms with van der Waals surface area (Å²) in [4.78, 5) is 26.7. The van der Waals surface area contributed by atoms with Crippen LogP contribution in [0.3, 0.4) is 0 Å². The van der Waals surface area contributed by atoms with Crippen LogP contribution in [0.4, 0.5) is 11.9 Å². The summed E-state index contributed by atoms with van der Waals surface area (Å²) in [5.41, 5.74) is 17.9. The third-order valence-corrected chi connectivity index (χ3v) is 7.71. The van der Waals surface area contributed by atoms with Crippen molar-refractivity contribution < 1.29 is 44.1 Å². The Morgan fingerprint density at radius 2 is 0.884 bits per heavy atom. The van der Waals surface area contributed by atoms with Crippen molar-refractivity contribution in [2.45, 2.75) is 26.2 Å². The third kappa shape index (κ3) is 10.3. The van der Waals surface area contributed by atoms with Gasteiger partial charge in [0.15, 0.2) is 0 Å². The predicted octanol–water partition coefficient (Wildman–Crippen LogP) is 3.61. The molecule has 0 saturated carbocycles. The first-order valence-corrected chi connectivity index (χ1v) is 14.7. The maximum absolute atomic E-state index is 7.34. The van der Waals surface area contributed by atoms with Gasteiger partial charge in [-0.2, -0.15) is 0 Å². The van der Waals surface area contributed by atoms with Crippen LogP contribution in [0, 0.1) is 44.1 Å². The van der Waals surface area contributed by atoms with E-state index in [0.29, 0.717) is 13.1 Å². The average molecular weight is 793 g/mol. The van der Waals surface area contributed by atoms with E-state index in [1.807, 2.05) is 12.1 Å². The molecule has 0 amide bonds. The molecule has 3 N–H and O–H groups in total. The normalized spacial score (nSPS) is 15.8. The van der Waals surface area contributed by atoms with Gasteiger partial charge in [0.05, 0.1) is 0 Å². The standard InChI is InChI=1S/C16H21N5.C16H20N5.Ac/c2*17-12-14-2-4-15(5-3-14)13-20-8-10-21(11-9-20)16-18-6-1-7-19-16;/h1-7H,8-13,17H2;1-7,17H,8-13H2;/q;-1;. The average Bonchev–Trinajstić information content (AvgIpc) is 3.07. The Bertz CT molecular complexity index is 1210. The van der Waals surface area contributed by atoms with Crippen molar-refractivity contribution in [3.05, 3.63) is 113 Å². The second kappa shape index (κ2) is 17.7. The van der Waals surface area contributed by atoms with Crippen LogP contribution in [0.2, 0.25) is 0 Å². The number of piperazine rings is 2. The van der Waals surface area contributed by atoms with Crippen LogP contribution >= 0.6 is 0 Å². The third-order valence-electron chi connectivity index (χ3n) is 7.71. The van der Waals surface area contributed by atoms with Crippen molar-refractivity contribution >= 4 is 11.9 Å². The summed E-state index contributed by atoms with van der Waals surface area (Å²) in [6.07, 6.45) is 7.19. The van der Waals surface area contributed by atoms with Crippen molar-refractivity contribution in [2.75, 3.05) is 62.2 Å². The number of hydrogen-bond donors (Lipinski definition) is 1. The first kappa shape index (κ1) is 33.4. The monoisotopic (exact) mass is 792 g/mol. The molecule has 6 rings (SSSR count). The SMILES string of the molecule is NCc1ccc(CN2CCN(c3ncccn3)CC2)cc1.[Ac].[NH-]Cc1ccc(CN2CCN(c3ncccn3)CC2)cc1. The molecule has 0 aliphatic carbocycles. The van der Waals surface area contributed by atoms with Crippen LogP contribution in [0.1, 0.15) is 22.3 Å². The molecule has 0 atom stereocenters. The number of nitrogens with two attached hydrogens (primary N) is 1. The first-order chi connectivity index (χ1) is 20.7. The van der Waals surface area contributed by atoms with Crippen molar-refractivity contribution in [3.8, 4) is 0 Å². The molecular formula is C32H41AcN10-. The fraction of sp³-hybridized carbons (Fsp3) is 0.375. The quantitative estimate of drug-likeness (QED) is 0.286. The number of benzene rings is 2. The summed E-state index contributed by atoms with van der Waals surface area (Å²) >= 11 is 0. The van der Waals surface area contributed by atoms with Gasteiger partial charge in [-0.15, -0.1) is 6.54 Å². The van der Waals surface area contributed by atoms with E-state index in [9.17, 15) is 0 Å². The molecule has 43 heavy (non-hydrogen) atoms. The smallest absolute Gasteiger partial charge is 0.225 e. The van der Waals surface area contributed by atoms with E-state index >= 15 is 0 Å². The summed E-state index contributed by atoms with van der Waals surface area (Å²) in [5.74, 6) is 1.67. The van der Waals surface area contributed by atoms with Crippen LogP contribution in [0.5, 0.6) is 0 Å². The summed E-state index contributed by atoms with van der Waals surface area (Å²) in [7, 11) is 0. The number of hydrogen-bond acceptors (Lipinski definition) is 9. The van der Waals surface area contributed by atoms with E-state index in [1.165, 1.54) is 16.7 Å². The topological polar surface area (TPSA) is 114 Å². The first-order valence-electron chi connectivity index (χ1n) is 14.7. The Morgan fingerprint density at radius 3 is 1.23 bits per heavy atom. The second-order valence-electron chi connectivity index (χ2n) is 10.6. The molecule has 2 aromatic carbocycles. The van der Waals surface area contributed by atoms with Crippen molar-refractivity contribution in [2.24, 2.45) is 5.73 Å². The Morgan fingerprint density at radius 1 is 0.535 bits per heavy atom. The van der Waals surface area contributed by atoms with Gasteiger partial charge in [0.2, 0.25) is 11.9 Å². The number of nitrogens with one attached hydrogen (secondary N) is 1. The van der Waals surface area contributed by atoms with Crippen LogP contribution in [-0.4, -0.2) is 82.1 Å². The molecule has 1 radical (unpaired) electrons.